The van der Waals surface area contributed by atoms with E-state index in [1.807, 2.05) is 36.1 Å². The Hall–Kier alpha value is -3.14. The van der Waals surface area contributed by atoms with Gasteiger partial charge in [-0.25, -0.2) is 0 Å². The first kappa shape index (κ1) is 23.0. The number of nitro groups is 1. The highest BCUT2D eigenvalue weighted by Crippen LogP contribution is 2.43. The molecule has 3 heterocycles. The minimum absolute atomic E-state index is 0.0131. The molecule has 0 unspecified atom stereocenters. The molecule has 1 aromatic carbocycles. The largest absolute Gasteiger partial charge is 0.489 e. The van der Waals surface area contributed by atoms with Gasteiger partial charge in [0, 0.05) is 31.6 Å². The minimum Gasteiger partial charge on any atom is -0.489 e. The van der Waals surface area contributed by atoms with Crippen LogP contribution >= 0.6 is 11.3 Å². The van der Waals surface area contributed by atoms with Crippen LogP contribution in [0.5, 0.6) is 11.5 Å². The summed E-state index contributed by atoms with van der Waals surface area (Å²) in [5, 5.41) is 12.5. The van der Waals surface area contributed by atoms with E-state index < -0.39 is 4.92 Å². The maximum Gasteiger partial charge on any atom is 0.366 e. The zero-order valence-corrected chi connectivity index (χ0v) is 19.6. The fourth-order valence-electron chi connectivity index (χ4n) is 4.67. The van der Waals surface area contributed by atoms with E-state index in [1.54, 1.807) is 4.90 Å². The third-order valence-corrected chi connectivity index (χ3v) is 7.59. The van der Waals surface area contributed by atoms with Gasteiger partial charge in [-0.05, 0) is 43.2 Å². The van der Waals surface area contributed by atoms with Crippen LogP contribution in [0.4, 0.5) is 5.00 Å². The van der Waals surface area contributed by atoms with Crippen LogP contribution in [0.2, 0.25) is 0 Å². The second-order valence-electron chi connectivity index (χ2n) is 8.66. The molecule has 10 heteroatoms. The van der Waals surface area contributed by atoms with Crippen molar-refractivity contribution < 1.29 is 24.0 Å². The van der Waals surface area contributed by atoms with Crippen molar-refractivity contribution in [1.29, 1.82) is 0 Å². The van der Waals surface area contributed by atoms with E-state index in [0.29, 0.717) is 31.9 Å². The number of methoxy groups -OCH3 is 1. The van der Waals surface area contributed by atoms with Crippen LogP contribution < -0.4 is 9.47 Å². The summed E-state index contributed by atoms with van der Waals surface area (Å²) in [6.07, 6.45) is 2.48. The fourth-order valence-corrected chi connectivity index (χ4v) is 5.50. The first-order valence-electron chi connectivity index (χ1n) is 10.9. The van der Waals surface area contributed by atoms with E-state index in [-0.39, 0.29) is 40.2 Å². The number of thiophene rings is 1. The Labute approximate surface area is 196 Å². The predicted octanol–water partition coefficient (Wildman–Crippen LogP) is 3.51. The molecule has 0 bridgehead atoms. The van der Waals surface area contributed by atoms with E-state index in [9.17, 15) is 19.7 Å². The molecule has 2 aromatic rings. The maximum absolute atomic E-state index is 13.1. The Bertz CT molecular complexity index is 1060. The lowest BCUT2D eigenvalue weighted by Crippen LogP contribution is -2.46. The molecule has 33 heavy (non-hydrogen) atoms. The molecule has 1 spiro atoms. The van der Waals surface area contributed by atoms with Gasteiger partial charge in [-0.15, -0.1) is 0 Å². The zero-order chi connectivity index (χ0) is 23.6. The van der Waals surface area contributed by atoms with Crippen molar-refractivity contribution in [1.82, 2.24) is 9.80 Å². The zero-order valence-electron chi connectivity index (χ0n) is 18.7. The summed E-state index contributed by atoms with van der Waals surface area (Å²) < 4.78 is 10.9. The Morgan fingerprint density at radius 3 is 2.45 bits per heavy atom. The summed E-state index contributed by atoms with van der Waals surface area (Å²) in [5.41, 5.74) is 1.21. The van der Waals surface area contributed by atoms with Crippen molar-refractivity contribution in [3.63, 3.8) is 0 Å². The first-order chi connectivity index (χ1) is 15.8. The van der Waals surface area contributed by atoms with Gasteiger partial charge in [-0.1, -0.05) is 29.5 Å². The average molecular weight is 474 g/mol. The standard InChI is InChI=1S/C23H27N3O6S/c1-16-5-3-4-6-18(16)32-13-19(27)24-10-7-23(8-11-24)9-12-25(15-23)21(28)17-14-33-22(26(29)30)20(17)31-2/h3-6,14H,7-13,15H2,1-2H3. The number of piperidine rings is 1. The van der Waals surface area contributed by atoms with Crippen molar-refractivity contribution in [2.24, 2.45) is 5.41 Å². The van der Waals surface area contributed by atoms with Gasteiger partial charge in [0.1, 0.15) is 5.75 Å². The summed E-state index contributed by atoms with van der Waals surface area (Å²) in [6, 6.07) is 7.62. The molecular formula is C23H27N3O6S. The molecule has 0 atom stereocenters. The predicted molar refractivity (Wildman–Crippen MR) is 123 cm³/mol. The number of aryl methyl sites for hydroxylation is 1. The summed E-state index contributed by atoms with van der Waals surface area (Å²) in [4.78, 5) is 39.9. The number of nitrogens with zero attached hydrogens (tertiary/aromatic N) is 3. The molecule has 2 aliphatic rings. The van der Waals surface area contributed by atoms with Crippen LogP contribution in [0, 0.1) is 22.5 Å². The van der Waals surface area contributed by atoms with Crippen LogP contribution in [0.1, 0.15) is 35.2 Å². The van der Waals surface area contributed by atoms with Crippen LogP contribution in [-0.4, -0.2) is 66.4 Å². The van der Waals surface area contributed by atoms with Crippen molar-refractivity contribution in [2.75, 3.05) is 39.9 Å². The van der Waals surface area contributed by atoms with Gasteiger partial charge in [-0.2, -0.15) is 0 Å². The van der Waals surface area contributed by atoms with Gasteiger partial charge in [0.2, 0.25) is 5.75 Å². The number of hydrogen-bond acceptors (Lipinski definition) is 7. The molecule has 9 nitrogen and oxygen atoms in total. The number of benzene rings is 1. The lowest BCUT2D eigenvalue weighted by atomic mass is 9.78. The maximum atomic E-state index is 13.1. The smallest absolute Gasteiger partial charge is 0.366 e. The quantitative estimate of drug-likeness (QED) is 0.470. The number of amides is 2. The number of carbonyl (C=O) groups excluding carboxylic acids is 2. The van der Waals surface area contributed by atoms with Crippen molar-refractivity contribution >= 4 is 28.2 Å². The topological polar surface area (TPSA) is 102 Å². The fraction of sp³-hybridized carbons (Fsp3) is 0.478. The van der Waals surface area contributed by atoms with E-state index in [0.717, 1.165) is 36.2 Å². The van der Waals surface area contributed by atoms with Gasteiger partial charge >= 0.3 is 5.00 Å². The highest BCUT2D eigenvalue weighted by atomic mass is 32.1. The molecule has 176 valence electrons. The van der Waals surface area contributed by atoms with E-state index in [1.165, 1.54) is 12.5 Å². The monoisotopic (exact) mass is 473 g/mol. The SMILES string of the molecule is COc1c(C(=O)N2CCC3(CCN(C(=O)COc4ccccc4C)CC3)C2)csc1[N+](=O)[O-]. The number of carbonyl (C=O) groups is 2. The molecule has 0 saturated carbocycles. The molecule has 0 aliphatic carbocycles. The Morgan fingerprint density at radius 2 is 1.82 bits per heavy atom. The van der Waals surface area contributed by atoms with Gasteiger partial charge in [0.05, 0.1) is 17.6 Å². The first-order valence-corrected chi connectivity index (χ1v) is 11.8. The second kappa shape index (κ2) is 9.38. The minimum atomic E-state index is -0.526. The van der Waals surface area contributed by atoms with Crippen molar-refractivity contribution in [3.8, 4) is 11.5 Å². The average Bonchev–Trinajstić information content (AvgIpc) is 3.43. The normalized spacial score (nSPS) is 17.3. The number of para-hydroxylation sites is 1. The Kier molecular flexibility index (Phi) is 6.55. The van der Waals surface area contributed by atoms with Gasteiger partial charge in [-0.3, -0.25) is 19.7 Å². The highest BCUT2D eigenvalue weighted by Gasteiger charge is 2.43. The molecular weight excluding hydrogens is 446 g/mol. The van der Waals surface area contributed by atoms with Gasteiger partial charge in [0.25, 0.3) is 11.8 Å². The lowest BCUT2D eigenvalue weighted by Gasteiger charge is -2.39. The van der Waals surface area contributed by atoms with Crippen molar-refractivity contribution in [3.05, 3.63) is 50.9 Å². The van der Waals surface area contributed by atoms with Crippen LogP contribution in [0.25, 0.3) is 0 Å². The van der Waals surface area contributed by atoms with Gasteiger partial charge < -0.3 is 19.3 Å². The molecule has 0 radical (unpaired) electrons. The summed E-state index contributed by atoms with van der Waals surface area (Å²) in [7, 11) is 1.34. The summed E-state index contributed by atoms with van der Waals surface area (Å²) in [6.45, 7) is 4.40. The molecule has 2 fully saturated rings. The van der Waals surface area contributed by atoms with Gasteiger partial charge in [0.15, 0.2) is 6.61 Å². The molecule has 2 aliphatic heterocycles. The third-order valence-electron chi connectivity index (χ3n) is 6.67. The Morgan fingerprint density at radius 1 is 1.15 bits per heavy atom. The summed E-state index contributed by atoms with van der Waals surface area (Å²) in [5.74, 6) is 0.478. The van der Waals surface area contributed by atoms with E-state index >= 15 is 0 Å². The number of ether oxygens (including phenoxy) is 2. The lowest BCUT2D eigenvalue weighted by molar-refractivity contribution is -0.381. The molecule has 1 aromatic heterocycles. The highest BCUT2D eigenvalue weighted by molar-refractivity contribution is 7.14. The second-order valence-corrected chi connectivity index (χ2v) is 9.51. The van der Waals surface area contributed by atoms with Crippen molar-refractivity contribution in [2.45, 2.75) is 26.2 Å². The van der Waals surface area contributed by atoms with E-state index in [4.69, 9.17) is 9.47 Å². The van der Waals surface area contributed by atoms with E-state index in [2.05, 4.69) is 0 Å². The Balaban J connectivity index is 1.32. The molecule has 0 N–H and O–H groups in total. The third kappa shape index (κ3) is 4.66. The number of likely N-dealkylation sites (tertiary alicyclic amines) is 2. The molecule has 4 rings (SSSR count). The van der Waals surface area contributed by atoms with Crippen LogP contribution in [0.15, 0.2) is 29.6 Å². The molecule has 2 saturated heterocycles. The van der Waals surface area contributed by atoms with Crippen LogP contribution in [-0.2, 0) is 4.79 Å². The summed E-state index contributed by atoms with van der Waals surface area (Å²) >= 11 is 0.903. The number of hydrogen-bond donors (Lipinski definition) is 0. The number of rotatable bonds is 6. The molecule has 2 amide bonds. The van der Waals surface area contributed by atoms with Crippen LogP contribution in [0.3, 0.4) is 0 Å².